The molecule has 0 saturated carbocycles. The molecule has 0 aliphatic carbocycles. The van der Waals surface area contributed by atoms with Gasteiger partial charge in [0.2, 0.25) is 0 Å². The Kier molecular flexibility index (Phi) is 2.52. The van der Waals surface area contributed by atoms with Crippen LogP contribution < -0.4 is 10.9 Å². The molecule has 1 aromatic rings. The van der Waals surface area contributed by atoms with Gasteiger partial charge in [-0.05, 0) is 11.3 Å². The molecule has 70 valence electrons. The van der Waals surface area contributed by atoms with E-state index in [1.165, 1.54) is 5.19 Å². The van der Waals surface area contributed by atoms with Crippen LogP contribution in [0.4, 0.5) is 0 Å². The van der Waals surface area contributed by atoms with Crippen LogP contribution in [0.1, 0.15) is 10.5 Å². The van der Waals surface area contributed by atoms with Crippen molar-refractivity contribution >= 4 is 19.2 Å². The molecule has 1 aromatic heterocycles. The third-order valence-electron chi connectivity index (χ3n) is 1.88. The molecule has 4 heteroatoms. The van der Waals surface area contributed by atoms with E-state index in [0.717, 1.165) is 0 Å². The summed E-state index contributed by atoms with van der Waals surface area (Å²) in [5.74, 6) is -0.470. The van der Waals surface area contributed by atoms with Gasteiger partial charge in [0.1, 0.15) is 5.69 Å². The first-order chi connectivity index (χ1) is 5.91. The fourth-order valence-corrected chi connectivity index (χ4v) is 2.02. The molecular weight excluding hydrogens is 180 g/mol. The van der Waals surface area contributed by atoms with Crippen molar-refractivity contribution in [2.75, 3.05) is 0 Å². The molecule has 0 saturated heterocycles. The van der Waals surface area contributed by atoms with Gasteiger partial charge in [-0.15, -0.1) is 0 Å². The van der Waals surface area contributed by atoms with Gasteiger partial charge in [0, 0.05) is 6.20 Å². The molecule has 13 heavy (non-hydrogen) atoms. The summed E-state index contributed by atoms with van der Waals surface area (Å²) in [6.45, 7) is 6.69. The molecule has 0 aliphatic rings. The predicted octanol–water partition coefficient (Wildman–Crippen LogP) is 0.726. The summed E-state index contributed by atoms with van der Waals surface area (Å²) < 4.78 is 0. The molecule has 2 N–H and O–H groups in total. The van der Waals surface area contributed by atoms with Gasteiger partial charge in [0.05, 0.1) is 8.07 Å². The summed E-state index contributed by atoms with van der Waals surface area (Å²) in [6, 6.07) is 3.63. The molecule has 0 aliphatic heterocycles. The zero-order valence-corrected chi connectivity index (χ0v) is 9.16. The van der Waals surface area contributed by atoms with Crippen LogP contribution in [0, 0.1) is 0 Å². The molecule has 0 spiro atoms. The Balaban J connectivity index is 3.01. The van der Waals surface area contributed by atoms with Gasteiger partial charge >= 0.3 is 0 Å². The Morgan fingerprint density at radius 3 is 2.31 bits per heavy atom. The van der Waals surface area contributed by atoms with E-state index in [4.69, 9.17) is 5.73 Å². The SMILES string of the molecule is C[Si](C)(C)c1ccc(C(N)=O)nc1. The van der Waals surface area contributed by atoms with Crippen molar-refractivity contribution in [3.8, 4) is 0 Å². The average molecular weight is 194 g/mol. The Hall–Kier alpha value is -1.16. The third-order valence-corrected chi connectivity index (χ3v) is 3.91. The van der Waals surface area contributed by atoms with E-state index in [1.807, 2.05) is 6.07 Å². The quantitative estimate of drug-likeness (QED) is 0.705. The average Bonchev–Trinajstić information content (AvgIpc) is 2.03. The molecule has 0 unspecified atom stereocenters. The second-order valence-electron chi connectivity index (χ2n) is 4.05. The summed E-state index contributed by atoms with van der Waals surface area (Å²) >= 11 is 0. The van der Waals surface area contributed by atoms with Crippen molar-refractivity contribution in [1.29, 1.82) is 0 Å². The fourth-order valence-electron chi connectivity index (χ4n) is 0.983. The van der Waals surface area contributed by atoms with E-state index in [1.54, 1.807) is 12.3 Å². The summed E-state index contributed by atoms with van der Waals surface area (Å²) in [6.07, 6.45) is 1.76. The van der Waals surface area contributed by atoms with Crippen LogP contribution in [-0.4, -0.2) is 19.0 Å². The standard InChI is InChI=1S/C9H14N2OSi/c1-13(2,3)7-4-5-8(9(10)12)11-6-7/h4-6H,1-3H3,(H2,10,12). The topological polar surface area (TPSA) is 56.0 Å². The molecule has 1 rings (SSSR count). The van der Waals surface area contributed by atoms with Crippen molar-refractivity contribution in [2.45, 2.75) is 19.6 Å². The minimum Gasteiger partial charge on any atom is -0.364 e. The normalized spacial score (nSPS) is 11.3. The van der Waals surface area contributed by atoms with Gasteiger partial charge in [0.15, 0.2) is 0 Å². The van der Waals surface area contributed by atoms with Gasteiger partial charge in [-0.2, -0.15) is 0 Å². The molecule has 1 heterocycles. The van der Waals surface area contributed by atoms with E-state index in [2.05, 4.69) is 24.6 Å². The van der Waals surface area contributed by atoms with Crippen LogP contribution in [0.25, 0.3) is 0 Å². The first kappa shape index (κ1) is 9.92. The molecular formula is C9H14N2OSi. The zero-order valence-electron chi connectivity index (χ0n) is 8.16. The fraction of sp³-hybridized carbons (Fsp3) is 0.333. The number of aromatic nitrogens is 1. The highest BCUT2D eigenvalue weighted by Gasteiger charge is 2.16. The lowest BCUT2D eigenvalue weighted by Crippen LogP contribution is -2.38. The maximum absolute atomic E-state index is 10.7. The third kappa shape index (κ3) is 2.38. The lowest BCUT2D eigenvalue weighted by molar-refractivity contribution is 0.0995. The maximum atomic E-state index is 10.7. The lowest BCUT2D eigenvalue weighted by atomic mass is 10.3. The van der Waals surface area contributed by atoms with Crippen molar-refractivity contribution in [1.82, 2.24) is 4.98 Å². The molecule has 0 aromatic carbocycles. The Morgan fingerprint density at radius 1 is 1.38 bits per heavy atom. The lowest BCUT2D eigenvalue weighted by Gasteiger charge is -2.15. The van der Waals surface area contributed by atoms with E-state index in [9.17, 15) is 4.79 Å². The molecule has 0 atom stereocenters. The zero-order chi connectivity index (χ0) is 10.1. The van der Waals surface area contributed by atoms with Gasteiger partial charge < -0.3 is 5.73 Å². The second-order valence-corrected chi connectivity index (χ2v) is 9.12. The van der Waals surface area contributed by atoms with E-state index < -0.39 is 14.0 Å². The number of rotatable bonds is 2. The molecule has 0 fully saturated rings. The highest BCUT2D eigenvalue weighted by Crippen LogP contribution is 2.01. The smallest absolute Gasteiger partial charge is 0.267 e. The summed E-state index contributed by atoms with van der Waals surface area (Å²) in [5, 5.41) is 1.23. The number of nitrogens with two attached hydrogens (primary N) is 1. The summed E-state index contributed by atoms with van der Waals surface area (Å²) in [5.41, 5.74) is 5.42. The number of hydrogen-bond donors (Lipinski definition) is 1. The monoisotopic (exact) mass is 194 g/mol. The van der Waals surface area contributed by atoms with Crippen LogP contribution in [-0.2, 0) is 0 Å². The predicted molar refractivity (Wildman–Crippen MR) is 55.7 cm³/mol. The number of pyridine rings is 1. The number of carbonyl (C=O) groups excluding carboxylic acids is 1. The van der Waals surface area contributed by atoms with Crippen molar-refractivity contribution in [3.05, 3.63) is 24.0 Å². The van der Waals surface area contributed by atoms with Crippen molar-refractivity contribution < 1.29 is 4.79 Å². The van der Waals surface area contributed by atoms with Crippen LogP contribution in [0.5, 0.6) is 0 Å². The summed E-state index contributed by atoms with van der Waals surface area (Å²) in [4.78, 5) is 14.7. The molecule has 3 nitrogen and oxygen atoms in total. The first-order valence-corrected chi connectivity index (χ1v) is 7.67. The van der Waals surface area contributed by atoms with Gasteiger partial charge in [-0.3, -0.25) is 9.78 Å². The first-order valence-electron chi connectivity index (χ1n) is 4.17. The minimum atomic E-state index is -1.31. The number of amides is 1. The van der Waals surface area contributed by atoms with Crippen molar-refractivity contribution in [2.24, 2.45) is 5.73 Å². The maximum Gasteiger partial charge on any atom is 0.267 e. The minimum absolute atomic E-state index is 0.335. The highest BCUT2D eigenvalue weighted by molar-refractivity contribution is 6.88. The van der Waals surface area contributed by atoms with E-state index in [-0.39, 0.29) is 0 Å². The summed E-state index contributed by atoms with van der Waals surface area (Å²) in [7, 11) is -1.31. The Labute approximate surface area is 79.0 Å². The number of nitrogens with zero attached hydrogens (tertiary/aromatic N) is 1. The second kappa shape index (κ2) is 3.30. The van der Waals surface area contributed by atoms with Gasteiger partial charge in [0.25, 0.3) is 5.91 Å². The van der Waals surface area contributed by atoms with E-state index in [0.29, 0.717) is 5.69 Å². The largest absolute Gasteiger partial charge is 0.364 e. The number of hydrogen-bond acceptors (Lipinski definition) is 2. The van der Waals surface area contributed by atoms with Crippen molar-refractivity contribution in [3.63, 3.8) is 0 Å². The number of primary amides is 1. The van der Waals surface area contributed by atoms with Crippen LogP contribution >= 0.6 is 0 Å². The Bertz CT molecular complexity index is 313. The van der Waals surface area contributed by atoms with Gasteiger partial charge in [-0.25, -0.2) is 0 Å². The van der Waals surface area contributed by atoms with Crippen LogP contribution in [0.2, 0.25) is 19.6 Å². The molecule has 0 radical (unpaired) electrons. The van der Waals surface area contributed by atoms with Gasteiger partial charge in [-0.1, -0.05) is 25.7 Å². The molecule has 1 amide bonds. The van der Waals surface area contributed by atoms with Crippen LogP contribution in [0.3, 0.4) is 0 Å². The Morgan fingerprint density at radius 2 is 2.00 bits per heavy atom. The number of carbonyl (C=O) groups is 1. The van der Waals surface area contributed by atoms with E-state index >= 15 is 0 Å². The highest BCUT2D eigenvalue weighted by atomic mass is 28.3. The molecule has 0 bridgehead atoms. The van der Waals surface area contributed by atoms with Crippen LogP contribution in [0.15, 0.2) is 18.3 Å².